The topological polar surface area (TPSA) is 96.5 Å². The van der Waals surface area contributed by atoms with E-state index in [9.17, 15) is 4.79 Å². The van der Waals surface area contributed by atoms with Gasteiger partial charge in [0.2, 0.25) is 0 Å². The number of nitrogens with one attached hydrogen (secondary N) is 2. The van der Waals surface area contributed by atoms with Gasteiger partial charge in [0.15, 0.2) is 5.82 Å². The van der Waals surface area contributed by atoms with Crippen LogP contribution in [0.3, 0.4) is 0 Å². The molecule has 0 aromatic carbocycles. The predicted octanol–water partition coefficient (Wildman–Crippen LogP) is 1.52. The van der Waals surface area contributed by atoms with Gasteiger partial charge in [-0.15, -0.1) is 10.2 Å². The Labute approximate surface area is 114 Å². The summed E-state index contributed by atoms with van der Waals surface area (Å²) in [5.41, 5.74) is 0.300. The van der Waals surface area contributed by atoms with Gasteiger partial charge in [-0.25, -0.2) is 4.98 Å². The molecule has 1 amide bonds. The molecular formula is C11H13ClN6O. The first-order valence-corrected chi connectivity index (χ1v) is 6.24. The van der Waals surface area contributed by atoms with Crippen molar-refractivity contribution in [1.82, 2.24) is 30.9 Å². The van der Waals surface area contributed by atoms with E-state index in [-0.39, 0.29) is 11.9 Å². The van der Waals surface area contributed by atoms with Crippen LogP contribution in [0.2, 0.25) is 5.02 Å². The maximum atomic E-state index is 12.0. The number of aromatic amines is 1. The molecule has 0 spiro atoms. The fourth-order valence-electron chi connectivity index (χ4n) is 1.61. The number of halogens is 1. The van der Waals surface area contributed by atoms with Crippen LogP contribution < -0.4 is 5.32 Å². The zero-order valence-electron chi connectivity index (χ0n) is 10.3. The number of amides is 1. The summed E-state index contributed by atoms with van der Waals surface area (Å²) in [6, 6.07) is 2.90. The quantitative estimate of drug-likeness (QED) is 0.865. The van der Waals surface area contributed by atoms with Crippen LogP contribution >= 0.6 is 11.6 Å². The van der Waals surface area contributed by atoms with E-state index in [2.05, 4.69) is 30.9 Å². The Bertz CT molecular complexity index is 527. The highest BCUT2D eigenvalue weighted by Gasteiger charge is 2.19. The molecule has 0 saturated heterocycles. The largest absolute Gasteiger partial charge is 0.341 e. The second-order valence-corrected chi connectivity index (χ2v) is 4.38. The van der Waals surface area contributed by atoms with E-state index in [1.807, 2.05) is 6.92 Å². The molecule has 19 heavy (non-hydrogen) atoms. The number of carbonyl (C=O) groups excluding carboxylic acids is 1. The van der Waals surface area contributed by atoms with Crippen LogP contribution in [0.15, 0.2) is 18.3 Å². The molecule has 0 fully saturated rings. The van der Waals surface area contributed by atoms with Crippen LogP contribution in [0.4, 0.5) is 0 Å². The van der Waals surface area contributed by atoms with E-state index in [1.54, 1.807) is 12.1 Å². The van der Waals surface area contributed by atoms with Gasteiger partial charge in [-0.1, -0.05) is 30.2 Å². The Balaban J connectivity index is 2.09. The van der Waals surface area contributed by atoms with Gasteiger partial charge < -0.3 is 5.32 Å². The van der Waals surface area contributed by atoms with Crippen LogP contribution in [-0.4, -0.2) is 31.5 Å². The minimum Gasteiger partial charge on any atom is -0.341 e. The first-order valence-electron chi connectivity index (χ1n) is 5.86. The van der Waals surface area contributed by atoms with Gasteiger partial charge in [-0.2, -0.15) is 5.21 Å². The number of hydrogen-bond donors (Lipinski definition) is 2. The summed E-state index contributed by atoms with van der Waals surface area (Å²) in [6.07, 6.45) is 3.03. The average Bonchev–Trinajstić information content (AvgIpc) is 2.92. The summed E-state index contributed by atoms with van der Waals surface area (Å²) in [5.74, 6) is 0.170. The highest BCUT2D eigenvalue weighted by Crippen LogP contribution is 2.14. The summed E-state index contributed by atoms with van der Waals surface area (Å²) < 4.78 is 0. The van der Waals surface area contributed by atoms with E-state index in [0.29, 0.717) is 16.5 Å². The van der Waals surface area contributed by atoms with Crippen LogP contribution in [0.1, 0.15) is 42.1 Å². The summed E-state index contributed by atoms with van der Waals surface area (Å²) in [7, 11) is 0. The Morgan fingerprint density at radius 2 is 2.37 bits per heavy atom. The summed E-state index contributed by atoms with van der Waals surface area (Å²) >= 11 is 5.73. The Kier molecular flexibility index (Phi) is 4.40. The number of pyridine rings is 1. The van der Waals surface area contributed by atoms with Crippen molar-refractivity contribution < 1.29 is 4.79 Å². The lowest BCUT2D eigenvalue weighted by Gasteiger charge is -2.13. The molecule has 1 atom stereocenters. The molecule has 0 radical (unpaired) electrons. The molecule has 2 aromatic heterocycles. The Hall–Kier alpha value is -2.02. The lowest BCUT2D eigenvalue weighted by molar-refractivity contribution is 0.0927. The summed E-state index contributed by atoms with van der Waals surface area (Å²) in [6.45, 7) is 2.01. The number of rotatable bonds is 5. The smallest absolute Gasteiger partial charge is 0.270 e. The van der Waals surface area contributed by atoms with Crippen molar-refractivity contribution in [1.29, 1.82) is 0 Å². The molecule has 2 rings (SSSR count). The number of hydrogen-bond acceptors (Lipinski definition) is 5. The molecule has 0 aliphatic rings. The standard InChI is InChI=1S/C11H13ClN6O/c1-2-3-8(10-15-17-18-16-10)14-11(19)9-5-4-7(12)6-13-9/h4-6,8H,2-3H2,1H3,(H,14,19)(H,15,16,17,18)/t8-/m0/s1. The second-order valence-electron chi connectivity index (χ2n) is 3.95. The van der Waals surface area contributed by atoms with Crippen molar-refractivity contribution in [2.45, 2.75) is 25.8 Å². The third-order valence-electron chi connectivity index (χ3n) is 2.52. The van der Waals surface area contributed by atoms with E-state index in [0.717, 1.165) is 12.8 Å². The van der Waals surface area contributed by atoms with Crippen molar-refractivity contribution in [3.8, 4) is 0 Å². The molecule has 7 nitrogen and oxygen atoms in total. The van der Waals surface area contributed by atoms with Crippen molar-refractivity contribution in [2.75, 3.05) is 0 Å². The fraction of sp³-hybridized carbons (Fsp3) is 0.364. The zero-order valence-corrected chi connectivity index (χ0v) is 11.1. The van der Waals surface area contributed by atoms with Crippen molar-refractivity contribution in [2.24, 2.45) is 0 Å². The molecule has 0 aliphatic heterocycles. The third-order valence-corrected chi connectivity index (χ3v) is 2.74. The molecular weight excluding hydrogens is 268 g/mol. The lowest BCUT2D eigenvalue weighted by atomic mass is 10.1. The van der Waals surface area contributed by atoms with Gasteiger partial charge in [-0.05, 0) is 18.6 Å². The minimum absolute atomic E-state index is 0.284. The Morgan fingerprint density at radius 3 is 2.95 bits per heavy atom. The van der Waals surface area contributed by atoms with Crippen molar-refractivity contribution in [3.63, 3.8) is 0 Å². The van der Waals surface area contributed by atoms with Gasteiger partial charge >= 0.3 is 0 Å². The first-order chi connectivity index (χ1) is 9.20. The van der Waals surface area contributed by atoms with E-state index >= 15 is 0 Å². The summed E-state index contributed by atoms with van der Waals surface area (Å²) in [4.78, 5) is 16.0. The normalized spacial score (nSPS) is 12.1. The van der Waals surface area contributed by atoms with Crippen molar-refractivity contribution in [3.05, 3.63) is 34.9 Å². The summed E-state index contributed by atoms with van der Waals surface area (Å²) in [5, 5.41) is 17.0. The number of aromatic nitrogens is 5. The maximum absolute atomic E-state index is 12.0. The number of tetrazole rings is 1. The van der Waals surface area contributed by atoms with Crippen molar-refractivity contribution >= 4 is 17.5 Å². The number of H-pyrrole nitrogens is 1. The molecule has 2 heterocycles. The van der Waals surface area contributed by atoms with E-state index in [4.69, 9.17) is 11.6 Å². The number of carbonyl (C=O) groups is 1. The first kappa shape index (κ1) is 13.4. The van der Waals surface area contributed by atoms with Gasteiger partial charge in [0, 0.05) is 6.20 Å². The molecule has 0 aliphatic carbocycles. The second kappa shape index (κ2) is 6.24. The van der Waals surface area contributed by atoms with Crippen LogP contribution in [-0.2, 0) is 0 Å². The van der Waals surface area contributed by atoms with E-state index < -0.39 is 0 Å². The van der Waals surface area contributed by atoms with Gasteiger partial charge in [-0.3, -0.25) is 4.79 Å². The molecule has 0 bridgehead atoms. The molecule has 8 heteroatoms. The van der Waals surface area contributed by atoms with Crippen LogP contribution in [0.25, 0.3) is 0 Å². The zero-order chi connectivity index (χ0) is 13.7. The van der Waals surface area contributed by atoms with Gasteiger partial charge in [0.1, 0.15) is 5.69 Å². The molecule has 100 valence electrons. The van der Waals surface area contributed by atoms with Crippen LogP contribution in [0.5, 0.6) is 0 Å². The SMILES string of the molecule is CCC[C@H](NC(=O)c1ccc(Cl)cn1)c1nn[nH]n1. The third kappa shape index (κ3) is 3.47. The van der Waals surface area contributed by atoms with Crippen LogP contribution in [0, 0.1) is 0 Å². The molecule has 0 saturated carbocycles. The molecule has 0 unspecified atom stereocenters. The minimum atomic E-state index is -0.292. The molecule has 2 aromatic rings. The maximum Gasteiger partial charge on any atom is 0.270 e. The van der Waals surface area contributed by atoms with Gasteiger partial charge in [0.05, 0.1) is 11.1 Å². The van der Waals surface area contributed by atoms with E-state index in [1.165, 1.54) is 6.20 Å². The average molecular weight is 281 g/mol. The molecule has 2 N–H and O–H groups in total. The Morgan fingerprint density at radius 1 is 1.53 bits per heavy atom. The highest BCUT2D eigenvalue weighted by atomic mass is 35.5. The van der Waals surface area contributed by atoms with Gasteiger partial charge in [0.25, 0.3) is 5.91 Å². The monoisotopic (exact) mass is 280 g/mol. The predicted molar refractivity (Wildman–Crippen MR) is 68.5 cm³/mol. The number of nitrogens with zero attached hydrogens (tertiary/aromatic N) is 4. The fourth-order valence-corrected chi connectivity index (χ4v) is 1.73. The highest BCUT2D eigenvalue weighted by molar-refractivity contribution is 6.30. The lowest BCUT2D eigenvalue weighted by Crippen LogP contribution is -2.30.